The average molecular weight is 396 g/mol. The Labute approximate surface area is 171 Å². The van der Waals surface area contributed by atoms with E-state index in [1.165, 1.54) is 12.8 Å². The van der Waals surface area contributed by atoms with E-state index in [-0.39, 0.29) is 11.8 Å². The number of hydrogen-bond acceptors (Lipinski definition) is 5. The molecule has 2 heterocycles. The second-order valence-corrected chi connectivity index (χ2v) is 7.03. The molecule has 0 atom stereocenters. The van der Waals surface area contributed by atoms with Crippen LogP contribution in [-0.2, 0) is 4.79 Å². The molecule has 1 aliphatic rings. The van der Waals surface area contributed by atoms with E-state index < -0.39 is 0 Å². The van der Waals surface area contributed by atoms with Crippen LogP contribution in [0.15, 0.2) is 42.6 Å². The van der Waals surface area contributed by atoms with Crippen LogP contribution in [0.3, 0.4) is 0 Å². The molecule has 0 aliphatic carbocycles. The van der Waals surface area contributed by atoms with Gasteiger partial charge in [-0.1, -0.05) is 25.0 Å². The summed E-state index contributed by atoms with van der Waals surface area (Å²) in [7, 11) is 1.59. The van der Waals surface area contributed by atoms with Gasteiger partial charge in [0.1, 0.15) is 11.6 Å². The number of nitrogens with zero attached hydrogens (tertiary/aromatic N) is 2. The number of methoxy groups -OCH3 is 1. The molecule has 0 unspecified atom stereocenters. The van der Waals surface area contributed by atoms with Crippen molar-refractivity contribution in [1.82, 2.24) is 15.2 Å². The molecule has 29 heavy (non-hydrogen) atoms. The lowest BCUT2D eigenvalue weighted by atomic mass is 10.2. The van der Waals surface area contributed by atoms with Gasteiger partial charge in [-0.05, 0) is 37.1 Å². The number of anilines is 2. The fourth-order valence-corrected chi connectivity index (χ4v) is 3.42. The van der Waals surface area contributed by atoms with Crippen LogP contribution in [0.1, 0.15) is 42.5 Å². The van der Waals surface area contributed by atoms with Crippen LogP contribution in [0.25, 0.3) is 0 Å². The van der Waals surface area contributed by atoms with Crippen molar-refractivity contribution in [2.24, 2.45) is 0 Å². The minimum Gasteiger partial charge on any atom is -0.495 e. The highest BCUT2D eigenvalue weighted by Gasteiger charge is 2.17. The summed E-state index contributed by atoms with van der Waals surface area (Å²) >= 11 is 0. The molecule has 1 aromatic heterocycles. The quantitative estimate of drug-likeness (QED) is 0.750. The molecule has 2 aromatic rings. The molecule has 7 heteroatoms. The molecule has 1 aliphatic heterocycles. The van der Waals surface area contributed by atoms with E-state index in [2.05, 4.69) is 15.6 Å². The fourth-order valence-electron chi connectivity index (χ4n) is 3.42. The standard InChI is InChI=1S/C22H28N4O3/c1-29-19-11-5-4-10-18(19)25-21-17(9-8-13-23-21)22(28)24-14-12-20(27)26-15-6-2-3-7-16-26/h4-5,8-11,13H,2-3,6-7,12,14-16H2,1H3,(H,23,25)(H,24,28). The molecular formula is C22H28N4O3. The number of likely N-dealkylation sites (tertiary alicyclic amines) is 1. The van der Waals surface area contributed by atoms with Crippen molar-refractivity contribution in [2.45, 2.75) is 32.1 Å². The predicted octanol–water partition coefficient (Wildman–Crippen LogP) is 3.36. The van der Waals surface area contributed by atoms with Crippen molar-refractivity contribution in [2.75, 3.05) is 32.1 Å². The van der Waals surface area contributed by atoms with Crippen molar-refractivity contribution in [3.8, 4) is 5.75 Å². The number of pyridine rings is 1. The predicted molar refractivity (Wildman–Crippen MR) is 113 cm³/mol. The lowest BCUT2D eigenvalue weighted by molar-refractivity contribution is -0.131. The van der Waals surface area contributed by atoms with Crippen molar-refractivity contribution in [1.29, 1.82) is 0 Å². The van der Waals surface area contributed by atoms with Crippen LogP contribution in [0.5, 0.6) is 5.75 Å². The van der Waals surface area contributed by atoms with Crippen molar-refractivity contribution in [3.63, 3.8) is 0 Å². The molecule has 154 valence electrons. The Morgan fingerprint density at radius 1 is 1.07 bits per heavy atom. The Balaban J connectivity index is 1.59. The minimum atomic E-state index is -0.265. The number of carbonyl (C=O) groups excluding carboxylic acids is 2. The number of ether oxygens (including phenoxy) is 1. The lowest BCUT2D eigenvalue weighted by Gasteiger charge is -2.20. The SMILES string of the molecule is COc1ccccc1Nc1ncccc1C(=O)NCCC(=O)N1CCCCCC1. The number of amides is 2. The number of benzene rings is 1. The van der Waals surface area contributed by atoms with Gasteiger partial charge in [-0.15, -0.1) is 0 Å². The summed E-state index contributed by atoms with van der Waals surface area (Å²) in [6, 6.07) is 10.9. The zero-order valence-electron chi connectivity index (χ0n) is 16.8. The Morgan fingerprint density at radius 3 is 2.59 bits per heavy atom. The van der Waals surface area contributed by atoms with Gasteiger partial charge in [-0.2, -0.15) is 0 Å². The van der Waals surface area contributed by atoms with Crippen LogP contribution in [-0.4, -0.2) is 48.4 Å². The largest absolute Gasteiger partial charge is 0.495 e. The van der Waals surface area contributed by atoms with Gasteiger partial charge in [-0.3, -0.25) is 9.59 Å². The maximum Gasteiger partial charge on any atom is 0.255 e. The highest BCUT2D eigenvalue weighted by atomic mass is 16.5. The zero-order chi connectivity index (χ0) is 20.5. The molecule has 2 amide bonds. The van der Waals surface area contributed by atoms with Crippen LogP contribution in [0.2, 0.25) is 0 Å². The third-order valence-corrected chi connectivity index (χ3v) is 5.00. The van der Waals surface area contributed by atoms with E-state index in [4.69, 9.17) is 4.74 Å². The van der Waals surface area contributed by atoms with Gasteiger partial charge in [0, 0.05) is 32.3 Å². The minimum absolute atomic E-state index is 0.103. The summed E-state index contributed by atoms with van der Waals surface area (Å²) in [5.74, 6) is 0.936. The molecule has 0 saturated carbocycles. The summed E-state index contributed by atoms with van der Waals surface area (Å²) in [5, 5.41) is 6.00. The first-order valence-corrected chi connectivity index (χ1v) is 10.1. The van der Waals surface area contributed by atoms with Crippen molar-refractivity contribution in [3.05, 3.63) is 48.2 Å². The Kier molecular flexibility index (Phi) is 7.44. The maximum absolute atomic E-state index is 12.7. The Bertz CT molecular complexity index is 832. The lowest BCUT2D eigenvalue weighted by Crippen LogP contribution is -2.35. The van der Waals surface area contributed by atoms with Crippen LogP contribution in [0, 0.1) is 0 Å². The smallest absolute Gasteiger partial charge is 0.255 e. The van der Waals surface area contributed by atoms with Gasteiger partial charge >= 0.3 is 0 Å². The highest BCUT2D eigenvalue weighted by molar-refractivity contribution is 5.99. The summed E-state index contributed by atoms with van der Waals surface area (Å²) < 4.78 is 5.34. The number of aromatic nitrogens is 1. The number of para-hydroxylation sites is 2. The first-order chi connectivity index (χ1) is 14.2. The summed E-state index contributed by atoms with van der Waals surface area (Å²) in [5.41, 5.74) is 1.14. The number of carbonyl (C=O) groups is 2. The van der Waals surface area contributed by atoms with E-state index in [9.17, 15) is 9.59 Å². The molecule has 1 aromatic carbocycles. The van der Waals surface area contributed by atoms with Gasteiger partial charge in [0.2, 0.25) is 5.91 Å². The van der Waals surface area contributed by atoms with Gasteiger partial charge in [0.05, 0.1) is 18.4 Å². The van der Waals surface area contributed by atoms with E-state index in [1.54, 1.807) is 25.4 Å². The summed E-state index contributed by atoms with van der Waals surface area (Å²) in [6.45, 7) is 1.95. The molecule has 0 bridgehead atoms. The Morgan fingerprint density at radius 2 is 1.83 bits per heavy atom. The van der Waals surface area contributed by atoms with E-state index >= 15 is 0 Å². The zero-order valence-corrected chi connectivity index (χ0v) is 16.8. The van der Waals surface area contributed by atoms with Gasteiger partial charge in [-0.25, -0.2) is 4.98 Å². The van der Waals surface area contributed by atoms with Crippen molar-refractivity contribution < 1.29 is 14.3 Å². The van der Waals surface area contributed by atoms with Crippen LogP contribution < -0.4 is 15.4 Å². The molecule has 0 radical (unpaired) electrons. The number of rotatable bonds is 7. The second-order valence-electron chi connectivity index (χ2n) is 7.03. The monoisotopic (exact) mass is 396 g/mol. The molecule has 1 saturated heterocycles. The number of nitrogens with one attached hydrogen (secondary N) is 2. The topological polar surface area (TPSA) is 83.6 Å². The Hall–Kier alpha value is -3.09. The molecule has 3 rings (SSSR count). The molecule has 0 spiro atoms. The summed E-state index contributed by atoms with van der Waals surface area (Å²) in [4.78, 5) is 31.3. The van der Waals surface area contributed by atoms with Crippen molar-refractivity contribution >= 4 is 23.3 Å². The molecule has 1 fully saturated rings. The second kappa shape index (κ2) is 10.5. The maximum atomic E-state index is 12.7. The summed E-state index contributed by atoms with van der Waals surface area (Å²) in [6.07, 6.45) is 6.42. The third kappa shape index (κ3) is 5.70. The molecule has 7 nitrogen and oxygen atoms in total. The van der Waals surface area contributed by atoms with Gasteiger partial charge in [0.25, 0.3) is 5.91 Å². The van der Waals surface area contributed by atoms with Gasteiger partial charge < -0.3 is 20.3 Å². The molecule has 2 N–H and O–H groups in total. The molecular weight excluding hydrogens is 368 g/mol. The number of hydrogen-bond donors (Lipinski definition) is 2. The first kappa shape index (κ1) is 20.6. The van der Waals surface area contributed by atoms with Crippen LogP contribution in [0.4, 0.5) is 11.5 Å². The third-order valence-electron chi connectivity index (χ3n) is 5.00. The normalized spacial score (nSPS) is 14.0. The van der Waals surface area contributed by atoms with Gasteiger partial charge in [0.15, 0.2) is 0 Å². The van der Waals surface area contributed by atoms with E-state index in [1.807, 2.05) is 29.2 Å². The first-order valence-electron chi connectivity index (χ1n) is 10.1. The van der Waals surface area contributed by atoms with E-state index in [0.717, 1.165) is 31.6 Å². The highest BCUT2D eigenvalue weighted by Crippen LogP contribution is 2.27. The average Bonchev–Trinajstić information content (AvgIpc) is 3.04. The van der Waals surface area contributed by atoms with Crippen LogP contribution >= 0.6 is 0 Å². The fraction of sp³-hybridized carbons (Fsp3) is 0.409. The van der Waals surface area contributed by atoms with E-state index in [0.29, 0.717) is 30.1 Å².